The van der Waals surface area contributed by atoms with Crippen LogP contribution in [0.1, 0.15) is 25.8 Å². The van der Waals surface area contributed by atoms with Crippen molar-refractivity contribution in [1.82, 2.24) is 5.32 Å². The molecule has 0 heterocycles. The number of carboxylic acids is 1. The fourth-order valence-electron chi connectivity index (χ4n) is 1.70. The second kappa shape index (κ2) is 7.28. The van der Waals surface area contributed by atoms with Gasteiger partial charge in [0.1, 0.15) is 6.04 Å². The van der Waals surface area contributed by atoms with Gasteiger partial charge in [-0.3, -0.25) is 0 Å². The van der Waals surface area contributed by atoms with Crippen LogP contribution in [0.2, 0.25) is 0 Å². The lowest BCUT2D eigenvalue weighted by Crippen LogP contribution is -2.46. The van der Waals surface area contributed by atoms with E-state index in [2.05, 4.69) is 26.6 Å². The number of anilines is 1. The molecular formula is C14H19BrN2O3. The number of urea groups is 1. The zero-order valence-corrected chi connectivity index (χ0v) is 13.3. The number of rotatable bonds is 5. The molecule has 0 aliphatic carbocycles. The van der Waals surface area contributed by atoms with Crippen molar-refractivity contribution >= 4 is 33.6 Å². The average molecular weight is 343 g/mol. The zero-order chi connectivity index (χ0) is 15.3. The van der Waals surface area contributed by atoms with Crippen LogP contribution in [0.5, 0.6) is 0 Å². The van der Waals surface area contributed by atoms with Crippen molar-refractivity contribution in [3.8, 4) is 0 Å². The number of amides is 2. The maximum absolute atomic E-state index is 11.9. The molecule has 0 radical (unpaired) electrons. The zero-order valence-electron chi connectivity index (χ0n) is 11.7. The van der Waals surface area contributed by atoms with Crippen LogP contribution >= 0.6 is 15.9 Å². The SMILES string of the molecule is CCC(C)C(NC(=O)Nc1ccc(C)cc1Br)C(=O)O. The number of benzene rings is 1. The Morgan fingerprint density at radius 3 is 2.55 bits per heavy atom. The number of aliphatic carboxylic acids is 1. The highest BCUT2D eigenvalue weighted by atomic mass is 79.9. The summed E-state index contributed by atoms with van der Waals surface area (Å²) in [6.07, 6.45) is 0.672. The van der Waals surface area contributed by atoms with Crippen molar-refractivity contribution < 1.29 is 14.7 Å². The fraction of sp³-hybridized carbons (Fsp3) is 0.429. The normalized spacial score (nSPS) is 13.4. The Morgan fingerprint density at radius 1 is 1.40 bits per heavy atom. The van der Waals surface area contributed by atoms with Crippen LogP contribution < -0.4 is 10.6 Å². The lowest BCUT2D eigenvalue weighted by atomic mass is 9.99. The van der Waals surface area contributed by atoms with E-state index in [1.807, 2.05) is 26.0 Å². The van der Waals surface area contributed by atoms with Crippen molar-refractivity contribution in [2.75, 3.05) is 5.32 Å². The van der Waals surface area contributed by atoms with Gasteiger partial charge in [0.2, 0.25) is 0 Å². The molecular weight excluding hydrogens is 324 g/mol. The van der Waals surface area contributed by atoms with E-state index in [-0.39, 0.29) is 5.92 Å². The fourth-order valence-corrected chi connectivity index (χ4v) is 2.30. The Balaban J connectivity index is 2.73. The highest BCUT2D eigenvalue weighted by Crippen LogP contribution is 2.23. The molecule has 1 rings (SSSR count). The number of hydrogen-bond donors (Lipinski definition) is 3. The van der Waals surface area contributed by atoms with E-state index in [0.29, 0.717) is 12.1 Å². The summed E-state index contributed by atoms with van der Waals surface area (Å²) < 4.78 is 0.753. The van der Waals surface area contributed by atoms with Gasteiger partial charge in [-0.2, -0.15) is 0 Å². The molecule has 0 bridgehead atoms. The summed E-state index contributed by atoms with van der Waals surface area (Å²) in [5.74, 6) is -1.17. The summed E-state index contributed by atoms with van der Waals surface area (Å²) in [6.45, 7) is 5.62. The van der Waals surface area contributed by atoms with Crippen LogP contribution in [0.3, 0.4) is 0 Å². The Kier molecular flexibility index (Phi) is 6.01. The highest BCUT2D eigenvalue weighted by molar-refractivity contribution is 9.10. The molecule has 0 saturated carbocycles. The first-order valence-electron chi connectivity index (χ1n) is 6.41. The summed E-state index contributed by atoms with van der Waals surface area (Å²) in [5, 5.41) is 14.3. The van der Waals surface area contributed by atoms with Gasteiger partial charge >= 0.3 is 12.0 Å². The Bertz CT molecular complexity index is 505. The lowest BCUT2D eigenvalue weighted by Gasteiger charge is -2.20. The van der Waals surface area contributed by atoms with Crippen molar-refractivity contribution in [3.63, 3.8) is 0 Å². The lowest BCUT2D eigenvalue weighted by molar-refractivity contribution is -0.140. The third kappa shape index (κ3) is 4.52. The first-order chi connectivity index (χ1) is 9.35. The van der Waals surface area contributed by atoms with Crippen molar-refractivity contribution in [2.24, 2.45) is 5.92 Å². The van der Waals surface area contributed by atoms with Gasteiger partial charge in [0, 0.05) is 4.47 Å². The molecule has 0 aliphatic heterocycles. The van der Waals surface area contributed by atoms with Crippen LogP contribution in [0, 0.1) is 12.8 Å². The summed E-state index contributed by atoms with van der Waals surface area (Å²) in [7, 11) is 0. The number of hydrogen-bond acceptors (Lipinski definition) is 2. The Morgan fingerprint density at radius 2 is 2.05 bits per heavy atom. The van der Waals surface area contributed by atoms with Crippen LogP contribution in [-0.4, -0.2) is 23.1 Å². The summed E-state index contributed by atoms with van der Waals surface area (Å²) in [5.41, 5.74) is 1.66. The van der Waals surface area contributed by atoms with Crippen molar-refractivity contribution in [2.45, 2.75) is 33.2 Å². The molecule has 0 fully saturated rings. The quantitative estimate of drug-likeness (QED) is 0.767. The molecule has 1 aromatic carbocycles. The van der Waals surface area contributed by atoms with Gasteiger partial charge in [-0.25, -0.2) is 9.59 Å². The van der Waals surface area contributed by atoms with Gasteiger partial charge in [0.25, 0.3) is 0 Å². The number of nitrogens with one attached hydrogen (secondary N) is 2. The van der Waals surface area contributed by atoms with Crippen LogP contribution in [-0.2, 0) is 4.79 Å². The number of aryl methyl sites for hydroxylation is 1. The molecule has 2 atom stereocenters. The molecule has 3 N–H and O–H groups in total. The molecule has 2 amide bonds. The largest absolute Gasteiger partial charge is 0.480 e. The van der Waals surface area contributed by atoms with Gasteiger partial charge < -0.3 is 15.7 Å². The van der Waals surface area contributed by atoms with E-state index < -0.39 is 18.0 Å². The predicted molar refractivity (Wildman–Crippen MR) is 81.9 cm³/mol. The molecule has 0 saturated heterocycles. The minimum atomic E-state index is -1.03. The van der Waals surface area contributed by atoms with E-state index in [4.69, 9.17) is 5.11 Å². The smallest absolute Gasteiger partial charge is 0.326 e. The highest BCUT2D eigenvalue weighted by Gasteiger charge is 2.25. The molecule has 6 heteroatoms. The van der Waals surface area contributed by atoms with Gasteiger partial charge in [0.05, 0.1) is 5.69 Å². The van der Waals surface area contributed by atoms with Crippen LogP contribution in [0.25, 0.3) is 0 Å². The monoisotopic (exact) mass is 342 g/mol. The number of carbonyl (C=O) groups excluding carboxylic acids is 1. The van der Waals surface area contributed by atoms with Crippen LogP contribution in [0.4, 0.5) is 10.5 Å². The molecule has 1 aromatic rings. The molecule has 2 unspecified atom stereocenters. The minimum Gasteiger partial charge on any atom is -0.480 e. The van der Waals surface area contributed by atoms with E-state index in [1.54, 1.807) is 13.0 Å². The maximum Gasteiger partial charge on any atom is 0.326 e. The molecule has 110 valence electrons. The standard InChI is InChI=1S/C14H19BrN2O3/c1-4-9(3)12(13(18)19)17-14(20)16-11-6-5-8(2)7-10(11)15/h5-7,9,12H,4H2,1-3H3,(H,18,19)(H2,16,17,20). The van der Waals surface area contributed by atoms with Crippen molar-refractivity contribution in [1.29, 1.82) is 0 Å². The van der Waals surface area contributed by atoms with E-state index in [9.17, 15) is 9.59 Å². The molecule has 0 aliphatic rings. The topological polar surface area (TPSA) is 78.4 Å². The second-order valence-corrected chi connectivity index (χ2v) is 5.64. The molecule has 0 spiro atoms. The number of halogens is 1. The third-order valence-electron chi connectivity index (χ3n) is 3.14. The summed E-state index contributed by atoms with van der Waals surface area (Å²) in [4.78, 5) is 23.0. The average Bonchev–Trinajstić information content (AvgIpc) is 2.38. The molecule has 20 heavy (non-hydrogen) atoms. The minimum absolute atomic E-state index is 0.139. The first kappa shape index (κ1) is 16.5. The molecule has 0 aromatic heterocycles. The van der Waals surface area contributed by atoms with E-state index >= 15 is 0 Å². The van der Waals surface area contributed by atoms with Crippen molar-refractivity contribution in [3.05, 3.63) is 28.2 Å². The van der Waals surface area contributed by atoms with Crippen LogP contribution in [0.15, 0.2) is 22.7 Å². The Hall–Kier alpha value is -1.56. The van der Waals surface area contributed by atoms with Gasteiger partial charge in [0.15, 0.2) is 0 Å². The maximum atomic E-state index is 11.9. The van der Waals surface area contributed by atoms with E-state index in [1.165, 1.54) is 0 Å². The van der Waals surface area contributed by atoms with Gasteiger partial charge in [-0.15, -0.1) is 0 Å². The second-order valence-electron chi connectivity index (χ2n) is 4.78. The van der Waals surface area contributed by atoms with Gasteiger partial charge in [-0.1, -0.05) is 26.3 Å². The predicted octanol–water partition coefficient (Wildman–Crippen LogP) is 3.38. The van der Waals surface area contributed by atoms with E-state index in [0.717, 1.165) is 10.0 Å². The summed E-state index contributed by atoms with van der Waals surface area (Å²) >= 11 is 3.35. The summed E-state index contributed by atoms with van der Waals surface area (Å²) in [6, 6.07) is 4.08. The van der Waals surface area contributed by atoms with Gasteiger partial charge in [-0.05, 0) is 46.5 Å². The molecule has 5 nitrogen and oxygen atoms in total. The number of carboxylic acid groups (broad SMARTS) is 1. The number of carbonyl (C=O) groups is 2. The first-order valence-corrected chi connectivity index (χ1v) is 7.21. The third-order valence-corrected chi connectivity index (χ3v) is 3.79. The Labute approximate surface area is 126 Å².